The normalized spacial score (nSPS) is 37.1. The zero-order valence-electron chi connectivity index (χ0n) is 11.1. The van der Waals surface area contributed by atoms with Crippen LogP contribution in [0.5, 0.6) is 0 Å². The number of amides is 1. The highest BCUT2D eigenvalue weighted by atomic mass is 16.6. The van der Waals surface area contributed by atoms with E-state index in [2.05, 4.69) is 0 Å². The number of hydrogen-bond acceptors (Lipinski definition) is 3. The van der Waals surface area contributed by atoms with Gasteiger partial charge in [-0.25, -0.2) is 4.79 Å². The summed E-state index contributed by atoms with van der Waals surface area (Å²) in [5.74, 6) is 0.154. The number of rotatable bonds is 0. The third-order valence-electron chi connectivity index (χ3n) is 3.88. The summed E-state index contributed by atoms with van der Waals surface area (Å²) in [5.41, 5.74) is -0.449. The lowest BCUT2D eigenvalue weighted by atomic mass is 9.89. The highest BCUT2D eigenvalue weighted by Crippen LogP contribution is 2.39. The molecule has 2 aliphatic rings. The molecule has 0 aromatic heterocycles. The van der Waals surface area contributed by atoms with Crippen molar-refractivity contribution < 1.29 is 14.6 Å². The summed E-state index contributed by atoms with van der Waals surface area (Å²) in [5, 5.41) is 9.91. The number of ether oxygens (including phenoxy) is 1. The molecule has 4 heteroatoms. The van der Waals surface area contributed by atoms with Gasteiger partial charge in [0.1, 0.15) is 5.60 Å². The molecule has 0 saturated carbocycles. The van der Waals surface area contributed by atoms with Gasteiger partial charge in [-0.1, -0.05) is 6.92 Å². The van der Waals surface area contributed by atoms with Crippen LogP contribution in [0.1, 0.15) is 47.0 Å². The lowest BCUT2D eigenvalue weighted by Gasteiger charge is -2.41. The second-order valence-corrected chi connectivity index (χ2v) is 6.35. The number of piperidine rings is 1. The Kier molecular flexibility index (Phi) is 3.10. The minimum absolute atomic E-state index is 0.151. The van der Waals surface area contributed by atoms with Gasteiger partial charge in [0.25, 0.3) is 0 Å². The first-order chi connectivity index (χ1) is 7.79. The molecule has 1 amide bonds. The van der Waals surface area contributed by atoms with Crippen LogP contribution in [0.3, 0.4) is 0 Å². The molecule has 4 nitrogen and oxygen atoms in total. The summed E-state index contributed by atoms with van der Waals surface area (Å²) in [6, 6.07) is 0.319. The van der Waals surface area contributed by atoms with E-state index in [9.17, 15) is 9.90 Å². The molecule has 0 aliphatic carbocycles. The molecule has 2 saturated heterocycles. The molecule has 1 N–H and O–H groups in total. The Morgan fingerprint density at radius 2 is 2.00 bits per heavy atom. The zero-order valence-corrected chi connectivity index (χ0v) is 11.1. The molecule has 0 spiro atoms. The summed E-state index contributed by atoms with van der Waals surface area (Å²) < 4.78 is 5.45. The highest BCUT2D eigenvalue weighted by molar-refractivity contribution is 5.69. The molecule has 2 heterocycles. The van der Waals surface area contributed by atoms with Gasteiger partial charge in [-0.15, -0.1) is 0 Å². The average Bonchev–Trinajstić information content (AvgIpc) is 2.51. The maximum atomic E-state index is 12.1. The lowest BCUT2D eigenvalue weighted by molar-refractivity contribution is -0.0331. The summed E-state index contributed by atoms with van der Waals surface area (Å²) in [7, 11) is 0. The van der Waals surface area contributed by atoms with Crippen molar-refractivity contribution in [1.82, 2.24) is 4.90 Å². The Hall–Kier alpha value is -0.770. The molecule has 0 unspecified atom stereocenters. The van der Waals surface area contributed by atoms with Crippen LogP contribution in [0, 0.1) is 5.92 Å². The van der Waals surface area contributed by atoms with Gasteiger partial charge in [0.05, 0.1) is 6.10 Å². The van der Waals surface area contributed by atoms with Crippen molar-refractivity contribution in [2.24, 2.45) is 5.92 Å². The number of aliphatic hydroxyl groups is 1. The van der Waals surface area contributed by atoms with Crippen molar-refractivity contribution in [3.05, 3.63) is 0 Å². The zero-order chi connectivity index (χ0) is 12.8. The van der Waals surface area contributed by atoms with Crippen LogP contribution in [0.25, 0.3) is 0 Å². The first-order valence-electron chi connectivity index (χ1n) is 6.49. The van der Waals surface area contributed by atoms with E-state index in [-0.39, 0.29) is 30.2 Å². The van der Waals surface area contributed by atoms with E-state index in [4.69, 9.17) is 4.74 Å². The SMILES string of the molecule is C[C@@H]1[C@H]2CC[C@@H](C[C@@H]1O)N2C(=O)OC(C)(C)C. The van der Waals surface area contributed by atoms with Crippen molar-refractivity contribution in [2.75, 3.05) is 0 Å². The smallest absolute Gasteiger partial charge is 0.410 e. The van der Waals surface area contributed by atoms with Crippen molar-refractivity contribution in [3.63, 3.8) is 0 Å². The Morgan fingerprint density at radius 3 is 2.59 bits per heavy atom. The molecule has 2 fully saturated rings. The van der Waals surface area contributed by atoms with Crippen LogP contribution in [-0.4, -0.2) is 39.9 Å². The van der Waals surface area contributed by atoms with Crippen molar-refractivity contribution in [3.8, 4) is 0 Å². The predicted molar refractivity (Wildman–Crippen MR) is 64.7 cm³/mol. The number of carbonyl (C=O) groups excluding carboxylic acids is 1. The largest absolute Gasteiger partial charge is 0.444 e. The monoisotopic (exact) mass is 241 g/mol. The van der Waals surface area contributed by atoms with E-state index >= 15 is 0 Å². The Labute approximate surface area is 103 Å². The van der Waals surface area contributed by atoms with Crippen molar-refractivity contribution in [1.29, 1.82) is 0 Å². The third kappa shape index (κ3) is 2.41. The van der Waals surface area contributed by atoms with E-state index in [1.54, 1.807) is 0 Å². The van der Waals surface area contributed by atoms with Gasteiger partial charge in [0.15, 0.2) is 0 Å². The Bertz CT molecular complexity index is 310. The number of carbonyl (C=O) groups is 1. The van der Waals surface area contributed by atoms with Gasteiger partial charge in [0, 0.05) is 18.0 Å². The van der Waals surface area contributed by atoms with Crippen LogP contribution in [0.4, 0.5) is 4.79 Å². The molecule has 0 radical (unpaired) electrons. The van der Waals surface area contributed by atoms with Gasteiger partial charge < -0.3 is 14.7 Å². The molecule has 0 aromatic rings. The standard InChI is InChI=1S/C13H23NO3/c1-8-10-6-5-9(7-11(8)15)14(10)12(16)17-13(2,3)4/h8-11,15H,5-7H2,1-4H3/t8-,9+,10-,11+/m1/s1. The van der Waals surface area contributed by atoms with E-state index in [1.165, 1.54) is 0 Å². The Balaban J connectivity index is 2.10. The molecule has 0 aromatic carbocycles. The van der Waals surface area contributed by atoms with Gasteiger partial charge in [-0.05, 0) is 40.0 Å². The molecule has 2 aliphatic heterocycles. The van der Waals surface area contributed by atoms with E-state index in [0.29, 0.717) is 6.42 Å². The summed E-state index contributed by atoms with van der Waals surface area (Å²) in [4.78, 5) is 14.0. The van der Waals surface area contributed by atoms with E-state index in [0.717, 1.165) is 12.8 Å². The fourth-order valence-corrected chi connectivity index (χ4v) is 3.01. The molecule has 17 heavy (non-hydrogen) atoms. The van der Waals surface area contributed by atoms with Gasteiger partial charge in [0.2, 0.25) is 0 Å². The quantitative estimate of drug-likeness (QED) is 0.707. The van der Waals surface area contributed by atoms with E-state index < -0.39 is 5.60 Å². The second-order valence-electron chi connectivity index (χ2n) is 6.35. The number of fused-ring (bicyclic) bond motifs is 2. The molecular weight excluding hydrogens is 218 g/mol. The summed E-state index contributed by atoms with van der Waals surface area (Å²) in [6.07, 6.45) is 2.18. The van der Waals surface area contributed by atoms with E-state index in [1.807, 2.05) is 32.6 Å². The molecule has 4 atom stereocenters. The highest BCUT2D eigenvalue weighted by Gasteiger charge is 2.48. The molecule has 98 valence electrons. The maximum absolute atomic E-state index is 12.1. The van der Waals surface area contributed by atoms with Crippen molar-refractivity contribution in [2.45, 2.75) is 70.7 Å². The average molecular weight is 241 g/mol. The predicted octanol–water partition coefficient (Wildman–Crippen LogP) is 2.16. The second kappa shape index (κ2) is 4.16. The fraction of sp³-hybridized carbons (Fsp3) is 0.923. The lowest BCUT2D eigenvalue weighted by Crippen LogP contribution is -2.53. The van der Waals surface area contributed by atoms with Crippen LogP contribution in [-0.2, 0) is 4.74 Å². The van der Waals surface area contributed by atoms with Gasteiger partial charge in [-0.2, -0.15) is 0 Å². The molecular formula is C13H23NO3. The molecule has 2 bridgehead atoms. The van der Waals surface area contributed by atoms with Gasteiger partial charge in [-0.3, -0.25) is 0 Å². The number of aliphatic hydroxyl groups excluding tert-OH is 1. The first-order valence-corrected chi connectivity index (χ1v) is 6.49. The number of nitrogens with zero attached hydrogens (tertiary/aromatic N) is 1. The summed E-state index contributed by atoms with van der Waals surface area (Å²) in [6.45, 7) is 7.67. The van der Waals surface area contributed by atoms with Gasteiger partial charge >= 0.3 is 6.09 Å². The first kappa shape index (κ1) is 12.7. The van der Waals surface area contributed by atoms with Crippen LogP contribution in [0.2, 0.25) is 0 Å². The fourth-order valence-electron chi connectivity index (χ4n) is 3.01. The molecule has 2 rings (SSSR count). The van der Waals surface area contributed by atoms with Crippen LogP contribution in [0.15, 0.2) is 0 Å². The van der Waals surface area contributed by atoms with Crippen molar-refractivity contribution >= 4 is 6.09 Å². The Morgan fingerprint density at radius 1 is 1.35 bits per heavy atom. The third-order valence-corrected chi connectivity index (χ3v) is 3.88. The van der Waals surface area contributed by atoms with Crippen LogP contribution >= 0.6 is 0 Å². The maximum Gasteiger partial charge on any atom is 0.410 e. The number of hydrogen-bond donors (Lipinski definition) is 1. The van der Waals surface area contributed by atoms with Crippen LogP contribution < -0.4 is 0 Å². The minimum Gasteiger partial charge on any atom is -0.444 e. The summed E-state index contributed by atoms with van der Waals surface area (Å²) >= 11 is 0. The minimum atomic E-state index is -0.449. The topological polar surface area (TPSA) is 49.8 Å².